The number of hydrogen-bond donors (Lipinski definition) is 2. The molecule has 2 N–H and O–H groups in total. The van der Waals surface area contributed by atoms with Crippen molar-refractivity contribution in [2.24, 2.45) is 0 Å². The van der Waals surface area contributed by atoms with Crippen LogP contribution in [0.2, 0.25) is 0 Å². The lowest BCUT2D eigenvalue weighted by Gasteiger charge is -2.25. The molecular weight excluding hydrogens is 283 g/mol. The molecule has 0 saturated heterocycles. The fourth-order valence-corrected chi connectivity index (χ4v) is 2.02. The molecule has 1 rings (SSSR count). The Hall–Kier alpha value is -1.91. The van der Waals surface area contributed by atoms with E-state index in [2.05, 4.69) is 17.6 Å². The Labute approximate surface area is 131 Å². The van der Waals surface area contributed by atoms with Crippen molar-refractivity contribution in [3.63, 3.8) is 0 Å². The van der Waals surface area contributed by atoms with Crippen molar-refractivity contribution in [1.82, 2.24) is 10.6 Å². The third kappa shape index (κ3) is 5.84. The highest BCUT2D eigenvalue weighted by molar-refractivity contribution is 5.98. The van der Waals surface area contributed by atoms with E-state index in [0.717, 1.165) is 31.7 Å². The zero-order valence-corrected chi connectivity index (χ0v) is 13.5. The van der Waals surface area contributed by atoms with E-state index in [9.17, 15) is 14.0 Å². The molecule has 22 heavy (non-hydrogen) atoms. The monoisotopic (exact) mass is 308 g/mol. The molecule has 0 aliphatic rings. The lowest BCUT2D eigenvalue weighted by Crippen LogP contribution is -2.54. The summed E-state index contributed by atoms with van der Waals surface area (Å²) in [6.07, 6.45) is 4.29. The van der Waals surface area contributed by atoms with Crippen molar-refractivity contribution in [2.45, 2.75) is 52.0 Å². The summed E-state index contributed by atoms with van der Waals surface area (Å²) in [5.74, 6) is -1.19. The summed E-state index contributed by atoms with van der Waals surface area (Å²) in [7, 11) is 0. The van der Waals surface area contributed by atoms with Crippen LogP contribution in [0.4, 0.5) is 4.39 Å². The number of hydrogen-bond acceptors (Lipinski definition) is 2. The standard InChI is InChI=1S/C17H25FN2O2/c1-4-5-6-7-11-19-16(22)17(2,3)20-15(21)13-9-8-10-14(18)12-13/h8-10,12H,4-7,11H2,1-3H3,(H,19,22)(H,20,21). The van der Waals surface area contributed by atoms with Crippen molar-refractivity contribution < 1.29 is 14.0 Å². The third-order valence-electron chi connectivity index (χ3n) is 3.40. The predicted octanol–water partition coefficient (Wildman–Crippen LogP) is 3.03. The number of benzene rings is 1. The van der Waals surface area contributed by atoms with E-state index >= 15 is 0 Å². The van der Waals surface area contributed by atoms with Crippen LogP contribution in [0.1, 0.15) is 56.8 Å². The van der Waals surface area contributed by atoms with Crippen LogP contribution in [-0.2, 0) is 4.79 Å². The van der Waals surface area contributed by atoms with Crippen LogP contribution >= 0.6 is 0 Å². The van der Waals surface area contributed by atoms with Crippen LogP contribution in [-0.4, -0.2) is 23.9 Å². The van der Waals surface area contributed by atoms with E-state index in [1.165, 1.54) is 18.2 Å². The Morgan fingerprint density at radius 1 is 1.18 bits per heavy atom. The van der Waals surface area contributed by atoms with Gasteiger partial charge in [0.2, 0.25) is 5.91 Å². The molecule has 4 nitrogen and oxygen atoms in total. The molecule has 0 aliphatic heterocycles. The Morgan fingerprint density at radius 2 is 1.91 bits per heavy atom. The summed E-state index contributed by atoms with van der Waals surface area (Å²) in [5.41, 5.74) is -0.849. The molecule has 0 unspecified atom stereocenters. The zero-order chi connectivity index (χ0) is 16.6. The summed E-state index contributed by atoms with van der Waals surface area (Å²) >= 11 is 0. The van der Waals surface area contributed by atoms with E-state index < -0.39 is 17.3 Å². The molecule has 0 aliphatic carbocycles. The van der Waals surface area contributed by atoms with E-state index in [1.54, 1.807) is 13.8 Å². The van der Waals surface area contributed by atoms with Gasteiger partial charge in [-0.1, -0.05) is 32.3 Å². The second-order valence-electron chi connectivity index (χ2n) is 5.91. The molecule has 2 amide bonds. The summed E-state index contributed by atoms with van der Waals surface area (Å²) < 4.78 is 13.1. The first-order valence-corrected chi connectivity index (χ1v) is 7.73. The predicted molar refractivity (Wildman–Crippen MR) is 85.1 cm³/mol. The van der Waals surface area contributed by atoms with E-state index in [1.807, 2.05) is 0 Å². The lowest BCUT2D eigenvalue weighted by molar-refractivity contribution is -0.126. The zero-order valence-electron chi connectivity index (χ0n) is 13.5. The molecule has 0 aromatic heterocycles. The number of nitrogens with one attached hydrogen (secondary N) is 2. The van der Waals surface area contributed by atoms with Gasteiger partial charge in [0.15, 0.2) is 0 Å². The molecule has 0 radical (unpaired) electrons. The normalized spacial score (nSPS) is 11.1. The summed E-state index contributed by atoms with van der Waals surface area (Å²) in [6, 6.07) is 5.39. The van der Waals surface area contributed by atoms with Gasteiger partial charge in [0.25, 0.3) is 5.91 Å². The molecule has 122 valence electrons. The Morgan fingerprint density at radius 3 is 2.55 bits per heavy atom. The fraction of sp³-hybridized carbons (Fsp3) is 0.529. The van der Waals surface area contributed by atoms with Crippen molar-refractivity contribution in [1.29, 1.82) is 0 Å². The van der Waals surface area contributed by atoms with Crippen molar-refractivity contribution >= 4 is 11.8 Å². The van der Waals surface area contributed by atoms with Gasteiger partial charge in [-0.25, -0.2) is 4.39 Å². The second-order valence-corrected chi connectivity index (χ2v) is 5.91. The Kier molecular flexibility index (Phi) is 7.02. The van der Waals surface area contributed by atoms with Crippen molar-refractivity contribution in [3.05, 3.63) is 35.6 Å². The van der Waals surface area contributed by atoms with E-state index in [0.29, 0.717) is 6.54 Å². The fourth-order valence-electron chi connectivity index (χ4n) is 2.02. The summed E-state index contributed by atoms with van der Waals surface area (Å²) in [4.78, 5) is 24.2. The first-order chi connectivity index (χ1) is 10.4. The molecule has 1 aromatic carbocycles. The van der Waals surface area contributed by atoms with E-state index in [4.69, 9.17) is 0 Å². The first kappa shape index (κ1) is 18.1. The molecule has 0 heterocycles. The summed E-state index contributed by atoms with van der Waals surface area (Å²) in [6.45, 7) is 5.99. The Bertz CT molecular complexity index is 515. The lowest BCUT2D eigenvalue weighted by atomic mass is 10.0. The van der Waals surface area contributed by atoms with Crippen molar-refractivity contribution in [2.75, 3.05) is 6.54 Å². The quantitative estimate of drug-likeness (QED) is 0.725. The third-order valence-corrected chi connectivity index (χ3v) is 3.40. The van der Waals surface area contributed by atoms with Gasteiger partial charge in [0, 0.05) is 12.1 Å². The topological polar surface area (TPSA) is 58.2 Å². The summed E-state index contributed by atoms with van der Waals surface area (Å²) in [5, 5.41) is 5.46. The van der Waals surface area contributed by atoms with Crippen LogP contribution in [0.5, 0.6) is 0 Å². The van der Waals surface area contributed by atoms with Gasteiger partial charge >= 0.3 is 0 Å². The minimum atomic E-state index is -1.05. The minimum Gasteiger partial charge on any atom is -0.354 e. The number of carbonyl (C=O) groups excluding carboxylic acids is 2. The number of rotatable bonds is 8. The highest BCUT2D eigenvalue weighted by Gasteiger charge is 2.29. The maximum Gasteiger partial charge on any atom is 0.252 e. The van der Waals surface area contributed by atoms with Crippen LogP contribution < -0.4 is 10.6 Å². The molecule has 0 bridgehead atoms. The highest BCUT2D eigenvalue weighted by atomic mass is 19.1. The molecule has 0 atom stereocenters. The molecule has 5 heteroatoms. The van der Waals surface area contributed by atoms with Gasteiger partial charge in [0.05, 0.1) is 0 Å². The Balaban J connectivity index is 2.51. The van der Waals surface area contributed by atoms with Gasteiger partial charge in [-0.3, -0.25) is 9.59 Å². The molecule has 0 spiro atoms. The molecule has 0 fully saturated rings. The number of halogens is 1. The molecule has 1 aromatic rings. The van der Waals surface area contributed by atoms with Gasteiger partial charge in [-0.15, -0.1) is 0 Å². The maximum absolute atomic E-state index is 13.1. The van der Waals surface area contributed by atoms with Crippen LogP contribution in [0.25, 0.3) is 0 Å². The highest BCUT2D eigenvalue weighted by Crippen LogP contribution is 2.08. The van der Waals surface area contributed by atoms with E-state index in [-0.39, 0.29) is 11.5 Å². The van der Waals surface area contributed by atoms with Crippen LogP contribution in [0.3, 0.4) is 0 Å². The number of unbranched alkanes of at least 4 members (excludes halogenated alkanes) is 3. The van der Waals surface area contributed by atoms with Crippen molar-refractivity contribution in [3.8, 4) is 0 Å². The molecular formula is C17H25FN2O2. The van der Waals surface area contributed by atoms with Gasteiger partial charge < -0.3 is 10.6 Å². The number of amides is 2. The average molecular weight is 308 g/mol. The SMILES string of the molecule is CCCCCCNC(=O)C(C)(C)NC(=O)c1cccc(F)c1. The van der Waals surface area contributed by atoms with Crippen LogP contribution in [0, 0.1) is 5.82 Å². The van der Waals surface area contributed by atoms with Gasteiger partial charge in [-0.2, -0.15) is 0 Å². The average Bonchev–Trinajstić information content (AvgIpc) is 2.46. The molecule has 0 saturated carbocycles. The largest absolute Gasteiger partial charge is 0.354 e. The van der Waals surface area contributed by atoms with Crippen LogP contribution in [0.15, 0.2) is 24.3 Å². The maximum atomic E-state index is 13.1. The minimum absolute atomic E-state index is 0.198. The number of carbonyl (C=O) groups is 2. The van der Waals surface area contributed by atoms with Gasteiger partial charge in [0.1, 0.15) is 11.4 Å². The second kappa shape index (κ2) is 8.51. The smallest absolute Gasteiger partial charge is 0.252 e. The van der Waals surface area contributed by atoms with Gasteiger partial charge in [-0.05, 0) is 38.5 Å². The first-order valence-electron chi connectivity index (χ1n) is 7.73.